The lowest BCUT2D eigenvalue weighted by atomic mass is 10.1. The molecular weight excluding hydrogens is 286 g/mol. The molecule has 1 aromatic carbocycles. The molecule has 19 heavy (non-hydrogen) atoms. The highest BCUT2D eigenvalue weighted by Gasteiger charge is 2.24. The second-order valence-electron chi connectivity index (χ2n) is 4.72. The summed E-state index contributed by atoms with van der Waals surface area (Å²) in [4.78, 5) is 0.0477. The summed E-state index contributed by atoms with van der Waals surface area (Å²) >= 11 is 5.96. The van der Waals surface area contributed by atoms with E-state index in [2.05, 4.69) is 0 Å². The highest BCUT2D eigenvalue weighted by Crippen LogP contribution is 2.26. The van der Waals surface area contributed by atoms with E-state index >= 15 is 0 Å². The summed E-state index contributed by atoms with van der Waals surface area (Å²) in [5.74, 6) is 0.277. The number of halogens is 1. The third-order valence-corrected chi connectivity index (χ3v) is 5.44. The molecule has 0 fully saturated rings. The van der Waals surface area contributed by atoms with Crippen LogP contribution >= 0.6 is 11.6 Å². The van der Waals surface area contributed by atoms with Gasteiger partial charge in [-0.15, -0.1) is 0 Å². The Morgan fingerprint density at radius 3 is 2.58 bits per heavy atom. The Bertz CT molecular complexity index is 531. The highest BCUT2D eigenvalue weighted by atomic mass is 35.5. The van der Waals surface area contributed by atoms with Gasteiger partial charge < -0.3 is 5.11 Å². The van der Waals surface area contributed by atoms with Gasteiger partial charge >= 0.3 is 0 Å². The second kappa shape index (κ2) is 6.70. The molecule has 0 aliphatic rings. The minimum absolute atomic E-state index is 0.0477. The van der Waals surface area contributed by atoms with Crippen LogP contribution in [-0.4, -0.2) is 31.4 Å². The van der Waals surface area contributed by atoms with Crippen LogP contribution in [0, 0.1) is 5.92 Å². The summed E-state index contributed by atoms with van der Waals surface area (Å²) in [7, 11) is -2.07. The van der Waals surface area contributed by atoms with Crippen molar-refractivity contribution >= 4 is 21.6 Å². The Morgan fingerprint density at radius 2 is 2.05 bits per heavy atom. The summed E-state index contributed by atoms with van der Waals surface area (Å²) in [6.07, 6.45) is 0.907. The number of hydrogen-bond acceptors (Lipinski definition) is 3. The fourth-order valence-corrected chi connectivity index (χ4v) is 3.49. The molecule has 6 heteroatoms. The molecule has 0 saturated heterocycles. The van der Waals surface area contributed by atoms with Crippen molar-refractivity contribution < 1.29 is 13.5 Å². The lowest BCUT2D eigenvalue weighted by Gasteiger charge is -2.21. The van der Waals surface area contributed by atoms with Gasteiger partial charge in [0.05, 0.1) is 11.6 Å². The molecule has 1 rings (SSSR count). The number of hydrogen-bond donors (Lipinski definition) is 1. The SMILES string of the molecule is CCC(C)CN(C)S(=O)(=O)c1cc(CO)ccc1Cl. The van der Waals surface area contributed by atoms with Crippen LogP contribution in [0.4, 0.5) is 0 Å². The minimum Gasteiger partial charge on any atom is -0.392 e. The maximum Gasteiger partial charge on any atom is 0.244 e. The molecule has 0 saturated carbocycles. The van der Waals surface area contributed by atoms with Gasteiger partial charge in [0.2, 0.25) is 10.0 Å². The normalized spacial score (nSPS) is 13.8. The number of aliphatic hydroxyl groups excluding tert-OH is 1. The molecule has 0 radical (unpaired) electrons. The molecule has 0 aromatic heterocycles. The highest BCUT2D eigenvalue weighted by molar-refractivity contribution is 7.89. The molecule has 1 atom stereocenters. The molecule has 4 nitrogen and oxygen atoms in total. The minimum atomic E-state index is -3.62. The van der Waals surface area contributed by atoms with Crippen molar-refractivity contribution in [3.63, 3.8) is 0 Å². The molecule has 0 heterocycles. The second-order valence-corrected chi connectivity index (χ2v) is 7.14. The van der Waals surface area contributed by atoms with Crippen molar-refractivity contribution in [2.75, 3.05) is 13.6 Å². The Labute approximate surface area is 120 Å². The summed E-state index contributed by atoms with van der Waals surface area (Å²) in [6, 6.07) is 4.53. The van der Waals surface area contributed by atoms with Gasteiger partial charge in [0, 0.05) is 13.6 Å². The van der Waals surface area contributed by atoms with Crippen molar-refractivity contribution in [2.45, 2.75) is 31.8 Å². The molecule has 0 aliphatic carbocycles. The van der Waals surface area contributed by atoms with Crippen LogP contribution in [0.3, 0.4) is 0 Å². The molecule has 1 unspecified atom stereocenters. The summed E-state index contributed by atoms with van der Waals surface area (Å²) in [6.45, 7) is 4.25. The number of sulfonamides is 1. The largest absolute Gasteiger partial charge is 0.392 e. The van der Waals surface area contributed by atoms with E-state index in [0.717, 1.165) is 6.42 Å². The van der Waals surface area contributed by atoms with Crippen molar-refractivity contribution in [3.05, 3.63) is 28.8 Å². The van der Waals surface area contributed by atoms with Crippen LogP contribution in [0.25, 0.3) is 0 Å². The topological polar surface area (TPSA) is 57.6 Å². The van der Waals surface area contributed by atoms with E-state index in [4.69, 9.17) is 16.7 Å². The summed E-state index contributed by atoms with van der Waals surface area (Å²) in [5, 5.41) is 9.26. The Morgan fingerprint density at radius 1 is 1.42 bits per heavy atom. The van der Waals surface area contributed by atoms with Crippen LogP contribution in [0.5, 0.6) is 0 Å². The van der Waals surface area contributed by atoms with Crippen LogP contribution in [0.15, 0.2) is 23.1 Å². The maximum atomic E-state index is 12.4. The van der Waals surface area contributed by atoms with Crippen molar-refractivity contribution in [2.24, 2.45) is 5.92 Å². The molecule has 108 valence electrons. The molecule has 0 spiro atoms. The van der Waals surface area contributed by atoms with Gasteiger partial charge in [-0.3, -0.25) is 0 Å². The lowest BCUT2D eigenvalue weighted by Crippen LogP contribution is -2.31. The average molecular weight is 306 g/mol. The van der Waals surface area contributed by atoms with Crippen LogP contribution in [0.1, 0.15) is 25.8 Å². The van der Waals surface area contributed by atoms with Crippen molar-refractivity contribution in [3.8, 4) is 0 Å². The number of rotatable bonds is 6. The van der Waals surface area contributed by atoms with Crippen LogP contribution < -0.4 is 0 Å². The molecule has 0 amide bonds. The van der Waals surface area contributed by atoms with Gasteiger partial charge in [0.25, 0.3) is 0 Å². The first kappa shape index (κ1) is 16.4. The average Bonchev–Trinajstić information content (AvgIpc) is 2.38. The van der Waals surface area contributed by atoms with Crippen molar-refractivity contribution in [1.29, 1.82) is 0 Å². The molecule has 1 aromatic rings. The van der Waals surface area contributed by atoms with Gasteiger partial charge in [0.15, 0.2) is 0 Å². The standard InChI is InChI=1S/C13H20ClNO3S/c1-4-10(2)8-15(3)19(17,18)13-7-11(9-16)5-6-12(13)14/h5-7,10,16H,4,8-9H2,1-3H3. The Hall–Kier alpha value is -0.620. The van der Waals surface area contributed by atoms with Gasteiger partial charge in [-0.2, -0.15) is 0 Å². The zero-order valence-corrected chi connectivity index (χ0v) is 13.0. The molecule has 1 N–H and O–H groups in total. The third kappa shape index (κ3) is 3.92. The van der Waals surface area contributed by atoms with Gasteiger partial charge in [-0.1, -0.05) is 37.9 Å². The predicted octanol–water partition coefficient (Wildman–Crippen LogP) is 2.50. The fraction of sp³-hybridized carbons (Fsp3) is 0.538. The van der Waals surface area contributed by atoms with E-state index in [1.165, 1.54) is 16.4 Å². The van der Waals surface area contributed by atoms with E-state index in [1.807, 2.05) is 13.8 Å². The first-order valence-corrected chi connectivity index (χ1v) is 8.00. The van der Waals surface area contributed by atoms with Gasteiger partial charge in [0.1, 0.15) is 4.90 Å². The number of nitrogens with zero attached hydrogens (tertiary/aromatic N) is 1. The lowest BCUT2D eigenvalue weighted by molar-refractivity contribution is 0.281. The summed E-state index contributed by atoms with van der Waals surface area (Å²) in [5.41, 5.74) is 0.528. The molecular formula is C13H20ClNO3S. The first-order chi connectivity index (χ1) is 8.82. The zero-order chi connectivity index (χ0) is 14.6. The van der Waals surface area contributed by atoms with Gasteiger partial charge in [-0.25, -0.2) is 12.7 Å². The number of aliphatic hydroxyl groups is 1. The van der Waals surface area contributed by atoms with E-state index in [9.17, 15) is 8.42 Å². The fourth-order valence-electron chi connectivity index (χ4n) is 1.68. The zero-order valence-electron chi connectivity index (χ0n) is 11.4. The Balaban J connectivity index is 3.12. The van der Waals surface area contributed by atoms with Gasteiger partial charge in [-0.05, 0) is 23.6 Å². The number of benzene rings is 1. The van der Waals surface area contributed by atoms with E-state index < -0.39 is 10.0 Å². The molecule has 0 bridgehead atoms. The molecule has 0 aliphatic heterocycles. The quantitative estimate of drug-likeness (QED) is 0.878. The maximum absolute atomic E-state index is 12.4. The first-order valence-electron chi connectivity index (χ1n) is 6.18. The van der Waals surface area contributed by atoms with E-state index in [-0.39, 0.29) is 22.4 Å². The van der Waals surface area contributed by atoms with E-state index in [1.54, 1.807) is 13.1 Å². The Kier molecular flexibility index (Phi) is 5.80. The van der Waals surface area contributed by atoms with Crippen LogP contribution in [-0.2, 0) is 16.6 Å². The van der Waals surface area contributed by atoms with E-state index in [0.29, 0.717) is 12.1 Å². The summed E-state index contributed by atoms with van der Waals surface area (Å²) < 4.78 is 26.2. The van der Waals surface area contributed by atoms with Crippen molar-refractivity contribution in [1.82, 2.24) is 4.31 Å². The predicted molar refractivity (Wildman–Crippen MR) is 76.6 cm³/mol. The monoisotopic (exact) mass is 305 g/mol. The van der Waals surface area contributed by atoms with Crippen LogP contribution in [0.2, 0.25) is 5.02 Å². The smallest absolute Gasteiger partial charge is 0.244 e. The third-order valence-electron chi connectivity index (χ3n) is 3.13.